The standard InChI is InChI=1S/C11H22N6O3S/c1-4-13-9-15-10(14-6-5-7-21(12,18)19)17-11(16-9)20-8(2)3/h8H,4-7H2,1-3H3,(H2,12,18,19)(H2,13,14,15,16,17). The molecule has 0 saturated heterocycles. The van der Waals surface area contributed by atoms with E-state index in [0.717, 1.165) is 0 Å². The molecule has 21 heavy (non-hydrogen) atoms. The number of sulfonamides is 1. The summed E-state index contributed by atoms with van der Waals surface area (Å²) >= 11 is 0. The number of aromatic nitrogens is 3. The van der Waals surface area contributed by atoms with Crippen LogP contribution in [0.25, 0.3) is 0 Å². The molecular weight excluding hydrogens is 296 g/mol. The summed E-state index contributed by atoms with van der Waals surface area (Å²) in [5.74, 6) is 0.628. The quantitative estimate of drug-likeness (QED) is 0.549. The number of primary sulfonamides is 1. The fraction of sp³-hybridized carbons (Fsp3) is 0.727. The molecule has 1 rings (SSSR count). The van der Waals surface area contributed by atoms with Gasteiger partial charge in [-0.15, -0.1) is 0 Å². The minimum absolute atomic E-state index is 0.0582. The second-order valence-electron chi connectivity index (χ2n) is 4.61. The van der Waals surface area contributed by atoms with Gasteiger partial charge in [-0.2, -0.15) is 15.0 Å². The number of rotatable bonds is 9. The van der Waals surface area contributed by atoms with Gasteiger partial charge >= 0.3 is 6.01 Å². The van der Waals surface area contributed by atoms with Crippen LogP contribution in [0.15, 0.2) is 0 Å². The predicted octanol–water partition coefficient (Wildman–Crippen LogP) is 0.181. The summed E-state index contributed by atoms with van der Waals surface area (Å²) in [7, 11) is -3.45. The summed E-state index contributed by atoms with van der Waals surface area (Å²) in [5.41, 5.74) is 0. The predicted molar refractivity (Wildman–Crippen MR) is 80.8 cm³/mol. The Bertz CT molecular complexity index is 549. The molecule has 0 atom stereocenters. The van der Waals surface area contributed by atoms with Crippen LogP contribution in [0, 0.1) is 0 Å². The highest BCUT2D eigenvalue weighted by atomic mass is 32.2. The Kier molecular flexibility index (Phi) is 6.56. The van der Waals surface area contributed by atoms with Crippen molar-refractivity contribution in [3.05, 3.63) is 0 Å². The molecule has 0 saturated carbocycles. The van der Waals surface area contributed by atoms with Crippen molar-refractivity contribution in [3.63, 3.8) is 0 Å². The Hall–Kier alpha value is -1.68. The first-order chi connectivity index (χ1) is 9.80. The molecule has 1 aromatic heterocycles. The molecule has 0 spiro atoms. The second-order valence-corrected chi connectivity index (χ2v) is 6.34. The molecule has 0 bridgehead atoms. The summed E-state index contributed by atoms with van der Waals surface area (Å²) in [4.78, 5) is 12.4. The monoisotopic (exact) mass is 318 g/mol. The van der Waals surface area contributed by atoms with Crippen LogP contribution in [-0.4, -0.2) is 48.3 Å². The lowest BCUT2D eigenvalue weighted by molar-refractivity contribution is 0.222. The van der Waals surface area contributed by atoms with E-state index in [-0.39, 0.29) is 17.9 Å². The van der Waals surface area contributed by atoms with Gasteiger partial charge in [0.25, 0.3) is 0 Å². The molecule has 1 aromatic rings. The lowest BCUT2D eigenvalue weighted by Gasteiger charge is -2.11. The zero-order chi connectivity index (χ0) is 15.9. The molecular formula is C11H22N6O3S. The Morgan fingerprint density at radius 1 is 1.19 bits per heavy atom. The first kappa shape index (κ1) is 17.4. The van der Waals surface area contributed by atoms with E-state index in [1.54, 1.807) is 0 Å². The summed E-state index contributed by atoms with van der Waals surface area (Å²) in [6.07, 6.45) is 0.304. The maximum atomic E-state index is 10.8. The third-order valence-electron chi connectivity index (χ3n) is 2.18. The van der Waals surface area contributed by atoms with Crippen LogP contribution in [0.5, 0.6) is 6.01 Å². The number of hydrogen-bond acceptors (Lipinski definition) is 8. The fourth-order valence-electron chi connectivity index (χ4n) is 1.41. The third-order valence-corrected chi connectivity index (χ3v) is 3.04. The van der Waals surface area contributed by atoms with Gasteiger partial charge in [0.1, 0.15) is 0 Å². The lowest BCUT2D eigenvalue weighted by Crippen LogP contribution is -2.19. The van der Waals surface area contributed by atoms with Crippen LogP contribution < -0.4 is 20.5 Å². The highest BCUT2D eigenvalue weighted by Gasteiger charge is 2.09. The average Bonchev–Trinajstić information content (AvgIpc) is 2.33. The van der Waals surface area contributed by atoms with E-state index in [0.29, 0.717) is 31.4 Å². The number of nitrogens with two attached hydrogens (primary N) is 1. The zero-order valence-corrected chi connectivity index (χ0v) is 13.3. The molecule has 4 N–H and O–H groups in total. The van der Waals surface area contributed by atoms with E-state index in [9.17, 15) is 8.42 Å². The van der Waals surface area contributed by atoms with Crippen LogP contribution in [-0.2, 0) is 10.0 Å². The normalized spacial score (nSPS) is 11.5. The van der Waals surface area contributed by atoms with Crippen molar-refractivity contribution in [2.75, 3.05) is 29.5 Å². The van der Waals surface area contributed by atoms with Crippen molar-refractivity contribution in [2.45, 2.75) is 33.3 Å². The molecule has 0 amide bonds. The first-order valence-corrected chi connectivity index (χ1v) is 8.42. The van der Waals surface area contributed by atoms with E-state index >= 15 is 0 Å². The molecule has 0 aliphatic heterocycles. The first-order valence-electron chi connectivity index (χ1n) is 6.71. The lowest BCUT2D eigenvalue weighted by atomic mass is 10.5. The molecule has 0 unspecified atom stereocenters. The number of anilines is 2. The van der Waals surface area contributed by atoms with E-state index < -0.39 is 10.0 Å². The minimum atomic E-state index is -3.45. The van der Waals surface area contributed by atoms with Gasteiger partial charge in [-0.3, -0.25) is 0 Å². The molecule has 0 aromatic carbocycles. The number of hydrogen-bond donors (Lipinski definition) is 3. The van der Waals surface area contributed by atoms with E-state index in [4.69, 9.17) is 9.88 Å². The number of ether oxygens (including phenoxy) is 1. The molecule has 1 heterocycles. The van der Waals surface area contributed by atoms with E-state index in [2.05, 4.69) is 25.6 Å². The van der Waals surface area contributed by atoms with Crippen LogP contribution >= 0.6 is 0 Å². The smallest absolute Gasteiger partial charge is 0.323 e. The molecule has 0 radical (unpaired) electrons. The van der Waals surface area contributed by atoms with Gasteiger partial charge < -0.3 is 15.4 Å². The molecule has 0 aliphatic carbocycles. The van der Waals surface area contributed by atoms with E-state index in [1.807, 2.05) is 20.8 Å². The van der Waals surface area contributed by atoms with Gasteiger partial charge in [-0.05, 0) is 27.2 Å². The van der Waals surface area contributed by atoms with Crippen LogP contribution in [0.1, 0.15) is 27.2 Å². The van der Waals surface area contributed by atoms with Gasteiger partial charge in [0.05, 0.1) is 11.9 Å². The van der Waals surface area contributed by atoms with E-state index in [1.165, 1.54) is 0 Å². The third kappa shape index (κ3) is 7.61. The molecule has 120 valence electrons. The van der Waals surface area contributed by atoms with Gasteiger partial charge in [-0.25, -0.2) is 13.6 Å². The minimum Gasteiger partial charge on any atom is -0.461 e. The van der Waals surface area contributed by atoms with Crippen molar-refractivity contribution in [2.24, 2.45) is 5.14 Å². The topological polar surface area (TPSA) is 132 Å². The zero-order valence-electron chi connectivity index (χ0n) is 12.5. The summed E-state index contributed by atoms with van der Waals surface area (Å²) in [6, 6.07) is 0.213. The second kappa shape index (κ2) is 7.93. The van der Waals surface area contributed by atoms with Crippen molar-refractivity contribution in [1.29, 1.82) is 0 Å². The summed E-state index contributed by atoms with van der Waals surface area (Å²) < 4.78 is 27.1. The van der Waals surface area contributed by atoms with Crippen molar-refractivity contribution in [1.82, 2.24) is 15.0 Å². The molecule has 9 nitrogen and oxygen atoms in total. The molecule has 0 aliphatic rings. The fourth-order valence-corrected chi connectivity index (χ4v) is 1.96. The Morgan fingerprint density at radius 3 is 2.33 bits per heavy atom. The van der Waals surface area contributed by atoms with Crippen LogP contribution in [0.4, 0.5) is 11.9 Å². The van der Waals surface area contributed by atoms with Gasteiger partial charge in [0.2, 0.25) is 21.9 Å². The Morgan fingerprint density at radius 2 is 1.81 bits per heavy atom. The van der Waals surface area contributed by atoms with Crippen LogP contribution in [0.2, 0.25) is 0 Å². The van der Waals surface area contributed by atoms with Crippen molar-refractivity contribution >= 4 is 21.9 Å². The number of nitrogens with one attached hydrogen (secondary N) is 2. The highest BCUT2D eigenvalue weighted by Crippen LogP contribution is 2.12. The Labute approximate surface area is 124 Å². The molecule has 10 heteroatoms. The highest BCUT2D eigenvalue weighted by molar-refractivity contribution is 7.89. The number of nitrogens with zero attached hydrogens (tertiary/aromatic N) is 3. The SMILES string of the molecule is CCNc1nc(NCCCS(N)(=O)=O)nc(OC(C)C)n1. The van der Waals surface area contributed by atoms with Crippen molar-refractivity contribution < 1.29 is 13.2 Å². The molecule has 0 fully saturated rings. The van der Waals surface area contributed by atoms with Gasteiger partial charge in [0.15, 0.2) is 0 Å². The largest absolute Gasteiger partial charge is 0.461 e. The van der Waals surface area contributed by atoms with Crippen molar-refractivity contribution in [3.8, 4) is 6.01 Å². The average molecular weight is 318 g/mol. The Balaban J connectivity index is 2.68. The summed E-state index contributed by atoms with van der Waals surface area (Å²) in [5, 5.41) is 10.8. The van der Waals surface area contributed by atoms with Gasteiger partial charge in [0, 0.05) is 13.1 Å². The van der Waals surface area contributed by atoms with Crippen LogP contribution in [0.3, 0.4) is 0 Å². The summed E-state index contributed by atoms with van der Waals surface area (Å²) in [6.45, 7) is 6.71. The maximum Gasteiger partial charge on any atom is 0.323 e. The maximum absolute atomic E-state index is 10.8. The van der Waals surface area contributed by atoms with Gasteiger partial charge in [-0.1, -0.05) is 0 Å².